The number of aryl methyl sites for hydroxylation is 1. The number of amides is 1. The number of sulfonamides is 2. The summed E-state index contributed by atoms with van der Waals surface area (Å²) in [6, 6.07) is 12.2. The summed E-state index contributed by atoms with van der Waals surface area (Å²) in [6.07, 6.45) is 0.732. The topological polar surface area (TPSA) is 104 Å². The number of ether oxygens (including phenoxy) is 1. The predicted octanol–water partition coefficient (Wildman–Crippen LogP) is 2.61. The zero-order chi connectivity index (χ0) is 27.9. The van der Waals surface area contributed by atoms with Crippen LogP contribution in [0.15, 0.2) is 53.4 Å². The summed E-state index contributed by atoms with van der Waals surface area (Å²) in [7, 11) is -5.91. The summed E-state index contributed by atoms with van der Waals surface area (Å²) in [5.41, 5.74) is 1.52. The highest BCUT2D eigenvalue weighted by Crippen LogP contribution is 2.25. The molecule has 1 aliphatic rings. The van der Waals surface area contributed by atoms with Crippen molar-refractivity contribution in [2.75, 3.05) is 45.6 Å². The maximum atomic E-state index is 13.9. The molecule has 0 spiro atoms. The lowest BCUT2D eigenvalue weighted by Gasteiger charge is -2.39. The van der Waals surface area contributed by atoms with Crippen molar-refractivity contribution in [1.82, 2.24) is 13.5 Å². The van der Waals surface area contributed by atoms with Gasteiger partial charge < -0.3 is 9.64 Å². The molecule has 2 aromatic carbocycles. The number of methoxy groups -OCH3 is 1. The van der Waals surface area contributed by atoms with Crippen molar-refractivity contribution in [3.63, 3.8) is 0 Å². The van der Waals surface area contributed by atoms with Crippen molar-refractivity contribution in [3.05, 3.63) is 65.5 Å². The van der Waals surface area contributed by atoms with Crippen LogP contribution in [-0.2, 0) is 36.1 Å². The van der Waals surface area contributed by atoms with Crippen LogP contribution >= 0.6 is 0 Å². The minimum Gasteiger partial charge on any atom is -0.383 e. The highest BCUT2D eigenvalue weighted by molar-refractivity contribution is 7.89. The number of hydrogen-bond donors (Lipinski definition) is 0. The van der Waals surface area contributed by atoms with Crippen LogP contribution in [0.25, 0.3) is 0 Å². The van der Waals surface area contributed by atoms with Gasteiger partial charge in [0, 0.05) is 39.3 Å². The smallest absolute Gasteiger partial charge is 0.243 e. The van der Waals surface area contributed by atoms with E-state index in [0.29, 0.717) is 18.4 Å². The lowest BCUT2D eigenvalue weighted by atomic mass is 10.0. The van der Waals surface area contributed by atoms with Crippen LogP contribution in [0.2, 0.25) is 0 Å². The maximum Gasteiger partial charge on any atom is 0.243 e. The van der Waals surface area contributed by atoms with E-state index in [1.54, 1.807) is 41.3 Å². The molecule has 3 rings (SSSR count). The maximum absolute atomic E-state index is 13.9. The summed E-state index contributed by atoms with van der Waals surface area (Å²) in [5.74, 6) is -1.03. The van der Waals surface area contributed by atoms with E-state index >= 15 is 0 Å². The van der Waals surface area contributed by atoms with Crippen molar-refractivity contribution >= 4 is 26.0 Å². The van der Waals surface area contributed by atoms with Gasteiger partial charge in [-0.1, -0.05) is 29.8 Å². The van der Waals surface area contributed by atoms with Gasteiger partial charge in [0.15, 0.2) is 0 Å². The summed E-state index contributed by atoms with van der Waals surface area (Å²) >= 11 is 0. The van der Waals surface area contributed by atoms with E-state index in [1.807, 2.05) is 6.92 Å². The Hall–Kier alpha value is -2.38. The second kappa shape index (κ2) is 13.1. The first-order valence-corrected chi connectivity index (χ1v) is 15.6. The third kappa shape index (κ3) is 7.60. The molecule has 38 heavy (non-hydrogen) atoms. The van der Waals surface area contributed by atoms with Gasteiger partial charge in [0.05, 0.1) is 23.8 Å². The van der Waals surface area contributed by atoms with Gasteiger partial charge in [-0.2, -0.15) is 8.61 Å². The second-order valence-corrected chi connectivity index (χ2v) is 13.5. The van der Waals surface area contributed by atoms with Crippen LogP contribution in [-0.4, -0.2) is 87.9 Å². The number of benzene rings is 2. The van der Waals surface area contributed by atoms with Crippen LogP contribution in [0, 0.1) is 12.7 Å². The molecule has 210 valence electrons. The van der Waals surface area contributed by atoms with Crippen LogP contribution in [0.5, 0.6) is 0 Å². The van der Waals surface area contributed by atoms with E-state index in [1.165, 1.54) is 30.5 Å². The van der Waals surface area contributed by atoms with Crippen LogP contribution in [0.4, 0.5) is 4.39 Å². The standard InChI is InChI=1S/C26H36FN3O6S2/c1-4-37(32,33)29(16-17-36-3)20-26(31)30(19-22-6-5-7-23(27)18-22)24-12-14-28(15-13-24)38(34,35)25-10-8-21(2)9-11-25/h5-11,18,24H,4,12-17,19-20H2,1-3H3. The number of carbonyl (C=O) groups excluding carboxylic acids is 1. The molecule has 0 radical (unpaired) electrons. The van der Waals surface area contributed by atoms with E-state index in [9.17, 15) is 26.0 Å². The van der Waals surface area contributed by atoms with Crippen LogP contribution < -0.4 is 0 Å². The average Bonchev–Trinajstić information content (AvgIpc) is 2.90. The summed E-state index contributed by atoms with van der Waals surface area (Å²) in [6.45, 7) is 3.66. The van der Waals surface area contributed by atoms with E-state index in [-0.39, 0.29) is 56.0 Å². The number of carbonyl (C=O) groups is 1. The Morgan fingerprint density at radius 1 is 1.08 bits per heavy atom. The fourth-order valence-electron chi connectivity index (χ4n) is 4.44. The lowest BCUT2D eigenvalue weighted by Crippen LogP contribution is -2.51. The summed E-state index contributed by atoms with van der Waals surface area (Å²) < 4.78 is 73.0. The molecule has 1 amide bonds. The van der Waals surface area contributed by atoms with Gasteiger partial charge >= 0.3 is 0 Å². The van der Waals surface area contributed by atoms with Crippen molar-refractivity contribution in [2.24, 2.45) is 0 Å². The van der Waals surface area contributed by atoms with Crippen molar-refractivity contribution in [3.8, 4) is 0 Å². The molecule has 1 fully saturated rings. The Bertz CT molecular complexity index is 1290. The van der Waals surface area contributed by atoms with Gasteiger partial charge in [-0.05, 0) is 56.5 Å². The third-order valence-electron chi connectivity index (χ3n) is 6.70. The second-order valence-electron chi connectivity index (χ2n) is 9.33. The Morgan fingerprint density at radius 3 is 2.32 bits per heavy atom. The third-order valence-corrected chi connectivity index (χ3v) is 10.4. The Balaban J connectivity index is 1.81. The molecule has 0 saturated carbocycles. The van der Waals surface area contributed by atoms with Crippen molar-refractivity contribution in [1.29, 1.82) is 0 Å². The van der Waals surface area contributed by atoms with Gasteiger partial charge in [-0.3, -0.25) is 4.79 Å². The molecule has 9 nitrogen and oxygen atoms in total. The van der Waals surface area contributed by atoms with E-state index in [0.717, 1.165) is 9.87 Å². The minimum absolute atomic E-state index is 0.0272. The lowest BCUT2D eigenvalue weighted by molar-refractivity contribution is -0.135. The SMILES string of the molecule is CCS(=O)(=O)N(CCOC)CC(=O)N(Cc1cccc(F)c1)C1CCN(S(=O)(=O)c2ccc(C)cc2)CC1. The average molecular weight is 570 g/mol. The molecule has 12 heteroatoms. The van der Waals surface area contributed by atoms with Gasteiger partial charge in [0.1, 0.15) is 5.82 Å². The zero-order valence-electron chi connectivity index (χ0n) is 22.0. The molecule has 1 heterocycles. The predicted molar refractivity (Wildman–Crippen MR) is 143 cm³/mol. The fourth-order valence-corrected chi connectivity index (χ4v) is 6.93. The normalized spacial score (nSPS) is 15.6. The van der Waals surface area contributed by atoms with Gasteiger partial charge in [0.2, 0.25) is 26.0 Å². The molecular formula is C26H36FN3O6S2. The number of hydrogen-bond acceptors (Lipinski definition) is 6. The quantitative estimate of drug-likeness (QED) is 0.389. The monoisotopic (exact) mass is 569 g/mol. The van der Waals surface area contributed by atoms with Crippen LogP contribution in [0.1, 0.15) is 30.9 Å². The zero-order valence-corrected chi connectivity index (χ0v) is 23.7. The first-order valence-electron chi connectivity index (χ1n) is 12.6. The molecule has 0 N–H and O–H groups in total. The van der Waals surface area contributed by atoms with Crippen molar-refractivity contribution < 1.29 is 30.8 Å². The number of piperidine rings is 1. The summed E-state index contributed by atoms with van der Waals surface area (Å²) in [4.78, 5) is 15.3. The van der Waals surface area contributed by atoms with Gasteiger partial charge in [-0.15, -0.1) is 0 Å². The molecule has 0 atom stereocenters. The minimum atomic E-state index is -3.69. The van der Waals surface area contributed by atoms with E-state index < -0.39 is 31.8 Å². The highest BCUT2D eigenvalue weighted by Gasteiger charge is 2.35. The largest absolute Gasteiger partial charge is 0.383 e. The molecule has 0 aliphatic carbocycles. The fraction of sp³-hybridized carbons (Fsp3) is 0.500. The van der Waals surface area contributed by atoms with Gasteiger partial charge in [-0.25, -0.2) is 21.2 Å². The number of halogens is 1. The Kier molecular flexibility index (Phi) is 10.4. The highest BCUT2D eigenvalue weighted by atomic mass is 32.2. The van der Waals surface area contributed by atoms with E-state index in [4.69, 9.17) is 4.74 Å². The van der Waals surface area contributed by atoms with Crippen LogP contribution in [0.3, 0.4) is 0 Å². The molecule has 2 aromatic rings. The molecule has 0 unspecified atom stereocenters. The van der Waals surface area contributed by atoms with E-state index in [2.05, 4.69) is 0 Å². The number of nitrogens with zero attached hydrogens (tertiary/aromatic N) is 3. The molecule has 1 aliphatic heterocycles. The summed E-state index contributed by atoms with van der Waals surface area (Å²) in [5, 5.41) is 0. The Morgan fingerprint density at radius 2 is 1.74 bits per heavy atom. The van der Waals surface area contributed by atoms with Crippen molar-refractivity contribution in [2.45, 2.75) is 44.2 Å². The van der Waals surface area contributed by atoms with Gasteiger partial charge in [0.25, 0.3) is 0 Å². The number of rotatable bonds is 12. The molecule has 0 bridgehead atoms. The first-order chi connectivity index (χ1) is 18.0. The Labute approximate surface area is 225 Å². The molecule has 1 saturated heterocycles. The molecular weight excluding hydrogens is 533 g/mol. The molecule has 0 aromatic heterocycles. The first kappa shape index (κ1) is 30.2.